The van der Waals surface area contributed by atoms with Crippen molar-refractivity contribution >= 4 is 23.4 Å². The smallest absolute Gasteiger partial charge is 0.270 e. The van der Waals surface area contributed by atoms with Crippen molar-refractivity contribution in [2.45, 2.75) is 38.3 Å². The van der Waals surface area contributed by atoms with Crippen LogP contribution in [0.15, 0.2) is 53.9 Å². The Morgan fingerprint density at radius 2 is 1.84 bits per heavy atom. The first-order valence-corrected chi connectivity index (χ1v) is 10.6. The highest BCUT2D eigenvalue weighted by Gasteiger charge is 2.30. The summed E-state index contributed by atoms with van der Waals surface area (Å²) in [6.07, 6.45) is 4.93. The van der Waals surface area contributed by atoms with E-state index in [1.807, 2.05) is 0 Å². The van der Waals surface area contributed by atoms with Crippen molar-refractivity contribution in [3.63, 3.8) is 0 Å². The van der Waals surface area contributed by atoms with Crippen LogP contribution < -0.4 is 5.32 Å². The zero-order valence-corrected chi connectivity index (χ0v) is 17.5. The Morgan fingerprint density at radius 1 is 1.09 bits per heavy atom. The third kappa shape index (κ3) is 5.16. The molecule has 0 bridgehead atoms. The van der Waals surface area contributed by atoms with Gasteiger partial charge < -0.3 is 10.2 Å². The maximum Gasteiger partial charge on any atom is 0.270 e. The molecule has 32 heavy (non-hydrogen) atoms. The first-order chi connectivity index (χ1) is 15.5. The van der Waals surface area contributed by atoms with Crippen LogP contribution in [0.3, 0.4) is 0 Å². The molecule has 0 saturated carbocycles. The van der Waals surface area contributed by atoms with Crippen LogP contribution >= 0.6 is 0 Å². The lowest BCUT2D eigenvalue weighted by molar-refractivity contribution is -0.132. The Labute approximate surface area is 185 Å². The highest BCUT2D eigenvalue weighted by Crippen LogP contribution is 2.18. The van der Waals surface area contributed by atoms with Gasteiger partial charge in [-0.05, 0) is 42.7 Å². The summed E-state index contributed by atoms with van der Waals surface area (Å²) in [5.41, 5.74) is 1.60. The lowest BCUT2D eigenvalue weighted by Gasteiger charge is -2.33. The van der Waals surface area contributed by atoms with E-state index in [9.17, 15) is 18.8 Å². The molecular weight excluding hydrogens is 413 g/mol. The van der Waals surface area contributed by atoms with E-state index in [4.69, 9.17) is 0 Å². The Morgan fingerprint density at radius 3 is 2.53 bits per heavy atom. The van der Waals surface area contributed by atoms with Gasteiger partial charge in [0.2, 0.25) is 5.91 Å². The normalized spacial score (nSPS) is 17.2. The molecule has 0 spiro atoms. The van der Waals surface area contributed by atoms with Crippen molar-refractivity contribution in [1.82, 2.24) is 20.2 Å². The second-order valence-corrected chi connectivity index (χ2v) is 7.91. The maximum absolute atomic E-state index is 13.1. The molecule has 8 nitrogen and oxygen atoms in total. The van der Waals surface area contributed by atoms with Crippen LogP contribution in [-0.4, -0.2) is 57.5 Å². The zero-order valence-electron chi connectivity index (χ0n) is 17.5. The lowest BCUT2D eigenvalue weighted by Crippen LogP contribution is -2.49. The van der Waals surface area contributed by atoms with Crippen molar-refractivity contribution < 1.29 is 18.8 Å². The van der Waals surface area contributed by atoms with Gasteiger partial charge >= 0.3 is 0 Å². The van der Waals surface area contributed by atoms with Crippen molar-refractivity contribution in [3.05, 3.63) is 65.7 Å². The van der Waals surface area contributed by atoms with Gasteiger partial charge in [-0.1, -0.05) is 12.1 Å². The molecule has 2 aliphatic heterocycles. The summed E-state index contributed by atoms with van der Waals surface area (Å²) >= 11 is 0. The number of hydrogen-bond acceptors (Lipinski definition) is 5. The number of rotatable bonds is 5. The first kappa shape index (κ1) is 21.6. The third-order valence-electron chi connectivity index (χ3n) is 5.64. The second kappa shape index (κ2) is 9.67. The van der Waals surface area contributed by atoms with Gasteiger partial charge in [-0.25, -0.2) is 9.40 Å². The number of amides is 3. The number of nitrogens with zero attached hydrogens (tertiary/aromatic N) is 4. The number of hydrogen-bond donors (Lipinski definition) is 1. The van der Waals surface area contributed by atoms with Crippen LogP contribution in [0.2, 0.25) is 0 Å². The van der Waals surface area contributed by atoms with Crippen molar-refractivity contribution in [2.75, 3.05) is 13.1 Å². The Kier molecular flexibility index (Phi) is 6.53. The van der Waals surface area contributed by atoms with E-state index in [2.05, 4.69) is 15.4 Å². The average Bonchev–Trinajstić information content (AvgIpc) is 2.82. The van der Waals surface area contributed by atoms with E-state index < -0.39 is 0 Å². The maximum atomic E-state index is 13.1. The minimum atomic E-state index is -0.349. The molecule has 0 atom stereocenters. The van der Waals surface area contributed by atoms with E-state index in [1.165, 1.54) is 23.3 Å². The van der Waals surface area contributed by atoms with Gasteiger partial charge in [0.25, 0.3) is 11.8 Å². The predicted octanol–water partition coefficient (Wildman–Crippen LogP) is 2.12. The van der Waals surface area contributed by atoms with E-state index in [-0.39, 0.29) is 42.5 Å². The highest BCUT2D eigenvalue weighted by molar-refractivity contribution is 6.39. The number of likely N-dealkylation sites (tertiary alicyclic amines) is 1. The average molecular weight is 437 g/mol. The van der Waals surface area contributed by atoms with Crippen LogP contribution in [0, 0.1) is 5.82 Å². The fraction of sp³-hybridized carbons (Fsp3) is 0.348. The first-order valence-electron chi connectivity index (χ1n) is 10.6. The fourth-order valence-electron chi connectivity index (χ4n) is 3.82. The minimum Gasteiger partial charge on any atom is -0.349 e. The van der Waals surface area contributed by atoms with Crippen LogP contribution in [0.4, 0.5) is 4.39 Å². The summed E-state index contributed by atoms with van der Waals surface area (Å²) in [7, 11) is 0. The number of pyridine rings is 1. The molecule has 3 heterocycles. The van der Waals surface area contributed by atoms with Gasteiger partial charge in [-0.2, -0.15) is 5.10 Å². The van der Waals surface area contributed by atoms with E-state index >= 15 is 0 Å². The van der Waals surface area contributed by atoms with Gasteiger partial charge in [-0.3, -0.25) is 19.4 Å². The topological polar surface area (TPSA) is 95.0 Å². The molecule has 1 aromatic heterocycles. The number of carbonyl (C=O) groups is 3. The van der Waals surface area contributed by atoms with Crippen LogP contribution in [0.5, 0.6) is 0 Å². The Hall–Kier alpha value is -3.62. The standard InChI is InChI=1S/C23H24FN5O3/c24-18-5-3-16(4-6-18)15-29-21(30)8-7-20(27-29)23(32)28-12-9-19(10-13-28)26-22(31)17-2-1-11-25-14-17/h1-6,11,14,19H,7-10,12-13,15H2,(H,26,31). The monoisotopic (exact) mass is 437 g/mol. The molecule has 1 fully saturated rings. The molecule has 4 rings (SSSR count). The molecule has 1 saturated heterocycles. The Bertz CT molecular complexity index is 1020. The van der Waals surface area contributed by atoms with Gasteiger partial charge in [-0.15, -0.1) is 0 Å². The quantitative estimate of drug-likeness (QED) is 0.775. The van der Waals surface area contributed by atoms with Crippen molar-refractivity contribution in [3.8, 4) is 0 Å². The summed E-state index contributed by atoms with van der Waals surface area (Å²) in [6, 6.07) is 9.26. The van der Waals surface area contributed by atoms with Crippen LogP contribution in [-0.2, 0) is 16.1 Å². The summed E-state index contributed by atoms with van der Waals surface area (Å²) in [5, 5.41) is 8.58. The van der Waals surface area contributed by atoms with Gasteiger partial charge in [0.05, 0.1) is 12.1 Å². The molecule has 0 unspecified atom stereocenters. The number of hydrazone groups is 1. The minimum absolute atomic E-state index is 0.0170. The number of carbonyl (C=O) groups excluding carboxylic acids is 3. The lowest BCUT2D eigenvalue weighted by atomic mass is 10.0. The number of benzene rings is 1. The molecule has 2 aliphatic rings. The molecule has 166 valence electrons. The van der Waals surface area contributed by atoms with Gasteiger partial charge in [0.15, 0.2) is 0 Å². The molecule has 0 aliphatic carbocycles. The van der Waals surface area contributed by atoms with Gasteiger partial charge in [0, 0.05) is 44.4 Å². The van der Waals surface area contributed by atoms with E-state index in [0.29, 0.717) is 43.6 Å². The molecular formula is C23H24FN5O3. The van der Waals surface area contributed by atoms with Crippen molar-refractivity contribution in [2.24, 2.45) is 5.10 Å². The third-order valence-corrected chi connectivity index (χ3v) is 5.64. The number of nitrogens with one attached hydrogen (secondary N) is 1. The largest absolute Gasteiger partial charge is 0.349 e. The predicted molar refractivity (Wildman–Crippen MR) is 115 cm³/mol. The number of halogens is 1. The molecule has 2 aromatic rings. The summed E-state index contributed by atoms with van der Waals surface area (Å²) < 4.78 is 13.1. The highest BCUT2D eigenvalue weighted by atomic mass is 19.1. The van der Waals surface area contributed by atoms with E-state index in [0.717, 1.165) is 5.56 Å². The molecule has 9 heteroatoms. The zero-order chi connectivity index (χ0) is 22.5. The SMILES string of the molecule is O=C(NC1CCN(C(=O)C2=NN(Cc3ccc(F)cc3)C(=O)CC2)CC1)c1cccnc1. The summed E-state index contributed by atoms with van der Waals surface area (Å²) in [4.78, 5) is 43.2. The summed E-state index contributed by atoms with van der Waals surface area (Å²) in [6.45, 7) is 1.20. The van der Waals surface area contributed by atoms with E-state index in [1.54, 1.807) is 35.4 Å². The second-order valence-electron chi connectivity index (χ2n) is 7.91. The van der Waals surface area contributed by atoms with Crippen molar-refractivity contribution in [1.29, 1.82) is 0 Å². The number of piperidine rings is 1. The molecule has 1 N–H and O–H groups in total. The Balaban J connectivity index is 1.33. The van der Waals surface area contributed by atoms with Gasteiger partial charge in [0.1, 0.15) is 11.5 Å². The molecule has 3 amide bonds. The summed E-state index contributed by atoms with van der Waals surface area (Å²) in [5.74, 6) is -0.867. The fourth-order valence-corrected chi connectivity index (χ4v) is 3.82. The number of aromatic nitrogens is 1. The molecule has 0 radical (unpaired) electrons. The van der Waals surface area contributed by atoms with Crippen LogP contribution in [0.1, 0.15) is 41.6 Å². The van der Waals surface area contributed by atoms with Crippen LogP contribution in [0.25, 0.3) is 0 Å². The molecule has 1 aromatic carbocycles.